The Morgan fingerprint density at radius 1 is 1.14 bits per heavy atom. The molecule has 1 aromatic heterocycles. The lowest BCUT2D eigenvalue weighted by Crippen LogP contribution is -2.22. The standard InChI is InChI=1S/C12H15NO/c1-12(2,3)14-10-5-4-9-6-7-13-11(9)8-10/h4-8,13H,1-3H3. The molecule has 1 aromatic carbocycles. The molecule has 0 bridgehead atoms. The highest BCUT2D eigenvalue weighted by Gasteiger charge is 2.11. The molecule has 2 nitrogen and oxygen atoms in total. The van der Waals surface area contributed by atoms with E-state index in [1.54, 1.807) is 0 Å². The van der Waals surface area contributed by atoms with Crippen molar-refractivity contribution in [2.75, 3.05) is 0 Å². The van der Waals surface area contributed by atoms with Crippen molar-refractivity contribution in [1.82, 2.24) is 4.98 Å². The Hall–Kier alpha value is -1.44. The molecule has 2 aromatic rings. The maximum atomic E-state index is 5.76. The number of hydrogen-bond acceptors (Lipinski definition) is 1. The van der Waals surface area contributed by atoms with E-state index in [1.807, 2.05) is 39.1 Å². The molecule has 0 aliphatic carbocycles. The van der Waals surface area contributed by atoms with Crippen LogP contribution in [0.5, 0.6) is 5.75 Å². The van der Waals surface area contributed by atoms with E-state index in [0.29, 0.717) is 0 Å². The van der Waals surface area contributed by atoms with Gasteiger partial charge in [0.2, 0.25) is 0 Å². The van der Waals surface area contributed by atoms with Crippen molar-refractivity contribution in [3.05, 3.63) is 30.5 Å². The summed E-state index contributed by atoms with van der Waals surface area (Å²) in [5, 5.41) is 1.21. The van der Waals surface area contributed by atoms with E-state index in [2.05, 4.69) is 17.1 Å². The second kappa shape index (κ2) is 3.05. The number of hydrogen-bond donors (Lipinski definition) is 1. The summed E-state index contributed by atoms with van der Waals surface area (Å²) >= 11 is 0. The second-order valence-corrected chi connectivity index (χ2v) is 4.44. The predicted octanol–water partition coefficient (Wildman–Crippen LogP) is 3.35. The van der Waals surface area contributed by atoms with E-state index in [1.165, 1.54) is 5.39 Å². The number of rotatable bonds is 1. The van der Waals surface area contributed by atoms with Gasteiger partial charge in [-0.15, -0.1) is 0 Å². The third-order valence-corrected chi connectivity index (χ3v) is 1.95. The number of ether oxygens (including phenoxy) is 1. The Balaban J connectivity index is 2.35. The minimum atomic E-state index is -0.139. The summed E-state index contributed by atoms with van der Waals surface area (Å²) < 4.78 is 5.76. The van der Waals surface area contributed by atoms with Crippen LogP contribution in [0.2, 0.25) is 0 Å². The number of fused-ring (bicyclic) bond motifs is 1. The number of benzene rings is 1. The molecule has 74 valence electrons. The van der Waals surface area contributed by atoms with Gasteiger partial charge < -0.3 is 9.72 Å². The highest BCUT2D eigenvalue weighted by Crippen LogP contribution is 2.22. The average Bonchev–Trinajstić information content (AvgIpc) is 2.47. The Morgan fingerprint density at radius 3 is 2.64 bits per heavy atom. The molecule has 0 atom stereocenters. The fourth-order valence-electron chi connectivity index (χ4n) is 1.44. The summed E-state index contributed by atoms with van der Waals surface area (Å²) in [5.41, 5.74) is 0.979. The molecule has 2 heteroatoms. The summed E-state index contributed by atoms with van der Waals surface area (Å²) in [6.45, 7) is 6.14. The zero-order valence-electron chi connectivity index (χ0n) is 8.79. The lowest BCUT2D eigenvalue weighted by molar-refractivity contribution is 0.131. The van der Waals surface area contributed by atoms with Crippen LogP contribution in [0.1, 0.15) is 20.8 Å². The van der Waals surface area contributed by atoms with Gasteiger partial charge in [-0.05, 0) is 44.4 Å². The van der Waals surface area contributed by atoms with Crippen LogP contribution >= 0.6 is 0 Å². The summed E-state index contributed by atoms with van der Waals surface area (Å²) in [5.74, 6) is 0.910. The van der Waals surface area contributed by atoms with E-state index < -0.39 is 0 Å². The van der Waals surface area contributed by atoms with Crippen molar-refractivity contribution in [1.29, 1.82) is 0 Å². The van der Waals surface area contributed by atoms with Crippen molar-refractivity contribution >= 4 is 10.9 Å². The first-order valence-electron chi connectivity index (χ1n) is 4.81. The Labute approximate surface area is 83.9 Å². The zero-order valence-corrected chi connectivity index (χ0v) is 8.79. The number of nitrogens with one attached hydrogen (secondary N) is 1. The molecule has 0 spiro atoms. The predicted molar refractivity (Wildman–Crippen MR) is 58.7 cm³/mol. The van der Waals surface area contributed by atoms with Crippen LogP contribution in [0.4, 0.5) is 0 Å². The van der Waals surface area contributed by atoms with Gasteiger partial charge in [-0.2, -0.15) is 0 Å². The van der Waals surface area contributed by atoms with Crippen LogP contribution < -0.4 is 4.74 Å². The van der Waals surface area contributed by atoms with E-state index in [9.17, 15) is 0 Å². The molecule has 1 heterocycles. The molecule has 0 fully saturated rings. The highest BCUT2D eigenvalue weighted by molar-refractivity contribution is 5.80. The smallest absolute Gasteiger partial charge is 0.122 e. The molecule has 0 aliphatic heterocycles. The Kier molecular flexibility index (Phi) is 1.99. The van der Waals surface area contributed by atoms with E-state index in [4.69, 9.17) is 4.74 Å². The molecule has 0 saturated heterocycles. The summed E-state index contributed by atoms with van der Waals surface area (Å²) in [7, 11) is 0. The first-order chi connectivity index (χ1) is 6.54. The van der Waals surface area contributed by atoms with Crippen molar-refractivity contribution in [2.24, 2.45) is 0 Å². The highest BCUT2D eigenvalue weighted by atomic mass is 16.5. The third-order valence-electron chi connectivity index (χ3n) is 1.95. The first kappa shape index (κ1) is 9.13. The van der Waals surface area contributed by atoms with Gasteiger partial charge in [-0.1, -0.05) is 0 Å². The number of aromatic nitrogens is 1. The second-order valence-electron chi connectivity index (χ2n) is 4.44. The molecular formula is C12H15NO. The molecule has 2 rings (SSSR count). The van der Waals surface area contributed by atoms with Crippen LogP contribution in [0.15, 0.2) is 30.5 Å². The normalized spacial score (nSPS) is 11.9. The molecule has 0 radical (unpaired) electrons. The van der Waals surface area contributed by atoms with Gasteiger partial charge in [0, 0.05) is 17.8 Å². The summed E-state index contributed by atoms with van der Waals surface area (Å²) in [6.07, 6.45) is 1.94. The minimum absolute atomic E-state index is 0.139. The van der Waals surface area contributed by atoms with Gasteiger partial charge in [0.25, 0.3) is 0 Å². The summed E-state index contributed by atoms with van der Waals surface area (Å²) in [4.78, 5) is 3.17. The van der Waals surface area contributed by atoms with Gasteiger partial charge in [0.05, 0.1) is 0 Å². The van der Waals surface area contributed by atoms with E-state index in [-0.39, 0.29) is 5.60 Å². The summed E-state index contributed by atoms with van der Waals surface area (Å²) in [6, 6.07) is 8.14. The van der Waals surface area contributed by atoms with Gasteiger partial charge in [0.1, 0.15) is 11.4 Å². The Morgan fingerprint density at radius 2 is 1.93 bits per heavy atom. The first-order valence-corrected chi connectivity index (χ1v) is 4.81. The molecule has 1 N–H and O–H groups in total. The van der Waals surface area contributed by atoms with Crippen LogP contribution in [0.25, 0.3) is 10.9 Å². The van der Waals surface area contributed by atoms with Gasteiger partial charge in [-0.25, -0.2) is 0 Å². The van der Waals surface area contributed by atoms with Crippen LogP contribution in [-0.2, 0) is 0 Å². The fraction of sp³-hybridized carbons (Fsp3) is 0.333. The molecule has 0 unspecified atom stereocenters. The molecule has 0 aliphatic rings. The average molecular weight is 189 g/mol. The third kappa shape index (κ3) is 1.90. The van der Waals surface area contributed by atoms with E-state index in [0.717, 1.165) is 11.3 Å². The van der Waals surface area contributed by atoms with Gasteiger partial charge in [-0.3, -0.25) is 0 Å². The molecular weight excluding hydrogens is 174 g/mol. The van der Waals surface area contributed by atoms with Crippen molar-refractivity contribution in [3.8, 4) is 5.75 Å². The molecule has 14 heavy (non-hydrogen) atoms. The number of H-pyrrole nitrogens is 1. The van der Waals surface area contributed by atoms with Gasteiger partial charge >= 0.3 is 0 Å². The van der Waals surface area contributed by atoms with Crippen LogP contribution in [-0.4, -0.2) is 10.6 Å². The topological polar surface area (TPSA) is 25.0 Å². The van der Waals surface area contributed by atoms with Crippen molar-refractivity contribution in [3.63, 3.8) is 0 Å². The quantitative estimate of drug-likeness (QED) is 0.731. The van der Waals surface area contributed by atoms with E-state index >= 15 is 0 Å². The molecule has 0 saturated carbocycles. The van der Waals surface area contributed by atoms with Crippen molar-refractivity contribution in [2.45, 2.75) is 26.4 Å². The maximum Gasteiger partial charge on any atom is 0.122 e. The van der Waals surface area contributed by atoms with Crippen LogP contribution in [0, 0.1) is 0 Å². The molecule has 0 amide bonds. The lowest BCUT2D eigenvalue weighted by atomic mass is 10.2. The SMILES string of the molecule is CC(C)(C)Oc1ccc2cc[nH]c2c1. The number of aromatic amines is 1. The maximum absolute atomic E-state index is 5.76. The Bertz CT molecular complexity index is 437. The van der Waals surface area contributed by atoms with Gasteiger partial charge in [0.15, 0.2) is 0 Å². The van der Waals surface area contributed by atoms with Crippen molar-refractivity contribution < 1.29 is 4.74 Å². The lowest BCUT2D eigenvalue weighted by Gasteiger charge is -2.21. The van der Waals surface area contributed by atoms with Crippen LogP contribution in [0.3, 0.4) is 0 Å². The largest absolute Gasteiger partial charge is 0.488 e. The monoisotopic (exact) mass is 189 g/mol. The fourth-order valence-corrected chi connectivity index (χ4v) is 1.44. The minimum Gasteiger partial charge on any atom is -0.488 e. The zero-order chi connectivity index (χ0) is 10.2.